The molecule has 1 aromatic rings. The number of nitrogens with zero attached hydrogens (tertiary/aromatic N) is 2. The van der Waals surface area contributed by atoms with Crippen LogP contribution in [-0.4, -0.2) is 47.3 Å². The molecule has 2 bridgehead atoms. The number of amides is 2. The molecule has 0 saturated carbocycles. The predicted octanol–water partition coefficient (Wildman–Crippen LogP) is 2.18. The third kappa shape index (κ3) is 1.87. The number of carbonyl (C=O) groups excluding carboxylic acids is 2. The Bertz CT molecular complexity index is 691. The highest BCUT2D eigenvalue weighted by Crippen LogP contribution is 2.42. The van der Waals surface area contributed by atoms with Gasteiger partial charge in [-0.25, -0.2) is 0 Å². The van der Waals surface area contributed by atoms with Gasteiger partial charge in [-0.1, -0.05) is 12.1 Å². The van der Waals surface area contributed by atoms with Crippen LogP contribution in [0.15, 0.2) is 18.2 Å². The molecule has 2 atom stereocenters. The maximum absolute atomic E-state index is 13.2. The molecule has 1 aromatic carbocycles. The van der Waals surface area contributed by atoms with Crippen LogP contribution in [0.2, 0.25) is 0 Å². The summed E-state index contributed by atoms with van der Waals surface area (Å²) in [4.78, 5) is 30.4. The van der Waals surface area contributed by atoms with Gasteiger partial charge in [-0.3, -0.25) is 14.5 Å². The monoisotopic (exact) mass is 310 g/mol. The van der Waals surface area contributed by atoms with Crippen molar-refractivity contribution in [2.45, 2.75) is 44.1 Å². The normalized spacial score (nSPS) is 35.4. The molecule has 4 aliphatic heterocycles. The molecule has 1 aliphatic carbocycles. The fourth-order valence-corrected chi connectivity index (χ4v) is 5.26. The van der Waals surface area contributed by atoms with Gasteiger partial charge in [0.25, 0.3) is 5.91 Å². The third-order valence-electron chi connectivity index (χ3n) is 6.42. The van der Waals surface area contributed by atoms with Gasteiger partial charge >= 0.3 is 0 Å². The van der Waals surface area contributed by atoms with Crippen molar-refractivity contribution in [3.05, 3.63) is 34.9 Å². The second-order valence-electron chi connectivity index (χ2n) is 7.54. The highest BCUT2D eigenvalue weighted by Gasteiger charge is 2.48. The molecule has 0 radical (unpaired) electrons. The van der Waals surface area contributed by atoms with Gasteiger partial charge < -0.3 is 4.90 Å². The molecule has 0 aromatic heterocycles. The van der Waals surface area contributed by atoms with Crippen LogP contribution in [0, 0.1) is 5.92 Å². The quantitative estimate of drug-likeness (QED) is 0.747. The number of benzene rings is 1. The smallest absolute Gasteiger partial charge is 0.261 e. The van der Waals surface area contributed by atoms with Crippen molar-refractivity contribution in [3.63, 3.8) is 0 Å². The van der Waals surface area contributed by atoms with E-state index in [2.05, 4.69) is 11.0 Å². The van der Waals surface area contributed by atoms with Gasteiger partial charge in [-0.15, -0.1) is 0 Å². The second kappa shape index (κ2) is 4.91. The zero-order valence-electron chi connectivity index (χ0n) is 13.3. The average molecular weight is 310 g/mol. The van der Waals surface area contributed by atoms with Gasteiger partial charge in [0.1, 0.15) is 0 Å². The van der Waals surface area contributed by atoms with Gasteiger partial charge in [0.2, 0.25) is 5.91 Å². The lowest BCUT2D eigenvalue weighted by Crippen LogP contribution is -2.62. The number of rotatable bonds is 1. The number of carbonyl (C=O) groups is 2. The third-order valence-corrected chi connectivity index (χ3v) is 6.42. The summed E-state index contributed by atoms with van der Waals surface area (Å²) in [6, 6.07) is 6.10. The van der Waals surface area contributed by atoms with E-state index in [0.717, 1.165) is 62.9 Å². The Balaban J connectivity index is 1.59. The van der Waals surface area contributed by atoms with E-state index >= 15 is 0 Å². The van der Waals surface area contributed by atoms with E-state index < -0.39 is 0 Å². The topological polar surface area (TPSA) is 40.6 Å². The molecular weight excluding hydrogens is 288 g/mol. The summed E-state index contributed by atoms with van der Waals surface area (Å²) in [5.41, 5.74) is 3.06. The number of aryl methyl sites for hydroxylation is 1. The molecule has 4 nitrogen and oxygen atoms in total. The standard InChI is InChI=1S/C19H22N2O2/c22-18-14-5-1-3-13-4-2-6-15(17(13)14)19(23)21(18)16-11-20-9-7-12(16)8-10-20/h1,3,5,12,15-16H,2,4,6-11H2/t15?,16-/m1/s1. The van der Waals surface area contributed by atoms with E-state index in [1.54, 1.807) is 4.90 Å². The SMILES string of the molecule is O=C1c2cccc3c2C(CCC3)C(=O)N1[C@@H]1CN2CCC1CC2. The molecule has 1 unspecified atom stereocenters. The van der Waals surface area contributed by atoms with E-state index in [1.165, 1.54) is 5.56 Å². The number of piperidine rings is 3. The van der Waals surface area contributed by atoms with Crippen molar-refractivity contribution < 1.29 is 9.59 Å². The summed E-state index contributed by atoms with van der Waals surface area (Å²) in [7, 11) is 0. The first kappa shape index (κ1) is 13.7. The molecule has 3 saturated heterocycles. The highest BCUT2D eigenvalue weighted by molar-refractivity contribution is 6.12. The Morgan fingerprint density at radius 2 is 1.87 bits per heavy atom. The van der Waals surface area contributed by atoms with Gasteiger partial charge in [0.15, 0.2) is 0 Å². The van der Waals surface area contributed by atoms with Crippen molar-refractivity contribution in [2.24, 2.45) is 5.92 Å². The zero-order valence-corrected chi connectivity index (χ0v) is 13.3. The van der Waals surface area contributed by atoms with Crippen LogP contribution in [-0.2, 0) is 11.2 Å². The van der Waals surface area contributed by atoms with Crippen molar-refractivity contribution >= 4 is 11.8 Å². The van der Waals surface area contributed by atoms with Crippen molar-refractivity contribution in [1.82, 2.24) is 9.80 Å². The minimum Gasteiger partial charge on any atom is -0.301 e. The summed E-state index contributed by atoms with van der Waals surface area (Å²) in [6.07, 6.45) is 5.20. The Kier molecular flexibility index (Phi) is 2.93. The van der Waals surface area contributed by atoms with Crippen LogP contribution in [0.4, 0.5) is 0 Å². The number of hydrogen-bond acceptors (Lipinski definition) is 3. The fourth-order valence-electron chi connectivity index (χ4n) is 5.26. The summed E-state index contributed by atoms with van der Waals surface area (Å²) in [6.45, 7) is 3.13. The Hall–Kier alpha value is -1.68. The molecular formula is C19H22N2O2. The number of hydrogen-bond donors (Lipinski definition) is 0. The lowest BCUT2D eigenvalue weighted by molar-refractivity contribution is -0.136. The van der Waals surface area contributed by atoms with Gasteiger partial charge in [0.05, 0.1) is 12.0 Å². The van der Waals surface area contributed by atoms with E-state index in [0.29, 0.717) is 5.92 Å². The summed E-state index contributed by atoms with van der Waals surface area (Å²) in [5.74, 6) is 0.460. The van der Waals surface area contributed by atoms with E-state index in [1.807, 2.05) is 12.1 Å². The molecule has 3 fully saturated rings. The van der Waals surface area contributed by atoms with Crippen molar-refractivity contribution in [1.29, 1.82) is 0 Å². The van der Waals surface area contributed by atoms with Crippen LogP contribution in [0.1, 0.15) is 53.1 Å². The van der Waals surface area contributed by atoms with Crippen LogP contribution >= 0.6 is 0 Å². The lowest BCUT2D eigenvalue weighted by Gasteiger charge is -2.50. The maximum Gasteiger partial charge on any atom is 0.261 e. The summed E-state index contributed by atoms with van der Waals surface area (Å²) in [5, 5.41) is 0. The number of fused-ring (bicyclic) bond motifs is 3. The minimum atomic E-state index is -0.0805. The first-order valence-electron chi connectivity index (χ1n) is 8.95. The summed E-state index contributed by atoms with van der Waals surface area (Å²) < 4.78 is 0. The predicted molar refractivity (Wildman–Crippen MR) is 86.2 cm³/mol. The molecule has 4 heteroatoms. The van der Waals surface area contributed by atoms with E-state index in [4.69, 9.17) is 0 Å². The van der Waals surface area contributed by atoms with Crippen LogP contribution in [0.5, 0.6) is 0 Å². The summed E-state index contributed by atoms with van der Waals surface area (Å²) >= 11 is 0. The molecule has 120 valence electrons. The highest BCUT2D eigenvalue weighted by atomic mass is 16.2. The zero-order chi connectivity index (χ0) is 15.6. The Morgan fingerprint density at radius 1 is 1.04 bits per heavy atom. The molecule has 4 heterocycles. The van der Waals surface area contributed by atoms with Gasteiger partial charge in [-0.2, -0.15) is 0 Å². The molecule has 6 rings (SSSR count). The largest absolute Gasteiger partial charge is 0.301 e. The van der Waals surface area contributed by atoms with Crippen LogP contribution in [0.25, 0.3) is 0 Å². The first-order chi connectivity index (χ1) is 11.2. The van der Waals surface area contributed by atoms with E-state index in [9.17, 15) is 9.59 Å². The first-order valence-corrected chi connectivity index (χ1v) is 8.95. The Morgan fingerprint density at radius 3 is 2.61 bits per heavy atom. The molecule has 2 amide bonds. The molecule has 0 spiro atoms. The average Bonchev–Trinajstić information content (AvgIpc) is 2.61. The molecule has 23 heavy (non-hydrogen) atoms. The Labute approximate surface area is 136 Å². The maximum atomic E-state index is 13.2. The minimum absolute atomic E-state index is 0.0382. The molecule has 0 N–H and O–H groups in total. The van der Waals surface area contributed by atoms with Crippen molar-refractivity contribution in [2.75, 3.05) is 19.6 Å². The second-order valence-corrected chi connectivity index (χ2v) is 7.54. The fraction of sp³-hybridized carbons (Fsp3) is 0.579. The van der Waals surface area contributed by atoms with E-state index in [-0.39, 0.29) is 23.8 Å². The van der Waals surface area contributed by atoms with Gasteiger partial charge in [-0.05, 0) is 68.3 Å². The molecule has 5 aliphatic rings. The van der Waals surface area contributed by atoms with Gasteiger partial charge in [0, 0.05) is 12.1 Å². The van der Waals surface area contributed by atoms with Crippen LogP contribution < -0.4 is 0 Å². The van der Waals surface area contributed by atoms with Crippen LogP contribution in [0.3, 0.4) is 0 Å². The number of imide groups is 1. The lowest BCUT2D eigenvalue weighted by atomic mass is 9.75. The van der Waals surface area contributed by atoms with Crippen molar-refractivity contribution in [3.8, 4) is 0 Å².